The average Bonchev–Trinajstić information content (AvgIpc) is 2.95. The first kappa shape index (κ1) is 14.0. The second-order valence-corrected chi connectivity index (χ2v) is 5.41. The molecule has 0 saturated heterocycles. The zero-order valence-corrected chi connectivity index (χ0v) is 12.6. The molecule has 110 valence electrons. The Morgan fingerprint density at radius 2 is 1.67 bits per heavy atom. The van der Waals surface area contributed by atoms with Crippen molar-refractivity contribution in [2.75, 3.05) is 14.2 Å². The molecule has 1 aliphatic carbocycles. The van der Waals surface area contributed by atoms with Gasteiger partial charge in [-0.1, -0.05) is 36.4 Å². The molecule has 0 aliphatic heterocycles. The van der Waals surface area contributed by atoms with Crippen LogP contribution in [0.3, 0.4) is 0 Å². The van der Waals surface area contributed by atoms with E-state index in [-0.39, 0.29) is 0 Å². The molecule has 21 heavy (non-hydrogen) atoms. The highest BCUT2D eigenvalue weighted by molar-refractivity contribution is 5.46. The molecule has 0 heterocycles. The molecule has 3 rings (SSSR count). The smallest absolute Gasteiger partial charge is 0.165 e. The predicted molar refractivity (Wildman–Crippen MR) is 84.0 cm³/mol. The number of hydrogen-bond acceptors (Lipinski definition) is 3. The highest BCUT2D eigenvalue weighted by Crippen LogP contribution is 2.31. The lowest BCUT2D eigenvalue weighted by Gasteiger charge is -2.16. The third kappa shape index (κ3) is 2.88. The Balaban J connectivity index is 1.67. The first-order valence-electron chi connectivity index (χ1n) is 7.32. The van der Waals surface area contributed by atoms with Crippen molar-refractivity contribution >= 4 is 0 Å². The van der Waals surface area contributed by atoms with Crippen LogP contribution >= 0.6 is 0 Å². The van der Waals surface area contributed by atoms with Gasteiger partial charge in [-0.2, -0.15) is 0 Å². The van der Waals surface area contributed by atoms with E-state index >= 15 is 0 Å². The van der Waals surface area contributed by atoms with Gasteiger partial charge in [0.15, 0.2) is 11.5 Å². The van der Waals surface area contributed by atoms with Gasteiger partial charge in [-0.05, 0) is 30.0 Å². The fourth-order valence-electron chi connectivity index (χ4n) is 3.05. The first-order chi connectivity index (χ1) is 10.3. The Morgan fingerprint density at radius 1 is 0.952 bits per heavy atom. The highest BCUT2D eigenvalue weighted by Gasteiger charge is 2.20. The molecule has 2 aromatic carbocycles. The van der Waals surface area contributed by atoms with Crippen molar-refractivity contribution in [1.29, 1.82) is 0 Å². The number of hydrogen-bond donors (Lipinski definition) is 1. The quantitative estimate of drug-likeness (QED) is 0.915. The summed E-state index contributed by atoms with van der Waals surface area (Å²) < 4.78 is 10.8. The van der Waals surface area contributed by atoms with Crippen LogP contribution in [0.1, 0.15) is 16.7 Å². The van der Waals surface area contributed by atoms with Gasteiger partial charge in [-0.25, -0.2) is 0 Å². The van der Waals surface area contributed by atoms with Crippen molar-refractivity contribution in [2.45, 2.75) is 25.4 Å². The molecule has 0 atom stereocenters. The third-order valence-corrected chi connectivity index (χ3v) is 4.12. The van der Waals surface area contributed by atoms with Crippen LogP contribution in [0.4, 0.5) is 0 Å². The molecule has 1 aliphatic rings. The molecule has 0 fully saturated rings. The van der Waals surface area contributed by atoms with E-state index in [4.69, 9.17) is 9.47 Å². The summed E-state index contributed by atoms with van der Waals surface area (Å²) in [6, 6.07) is 15.2. The van der Waals surface area contributed by atoms with E-state index in [1.165, 1.54) is 11.1 Å². The molecular formula is C18H21NO2. The van der Waals surface area contributed by atoms with Crippen LogP contribution in [-0.2, 0) is 19.4 Å². The second-order valence-electron chi connectivity index (χ2n) is 5.41. The average molecular weight is 283 g/mol. The Hall–Kier alpha value is -2.00. The summed E-state index contributed by atoms with van der Waals surface area (Å²) in [6.07, 6.45) is 2.20. The molecule has 0 radical (unpaired) electrons. The van der Waals surface area contributed by atoms with E-state index in [0.29, 0.717) is 6.04 Å². The van der Waals surface area contributed by atoms with E-state index in [9.17, 15) is 0 Å². The SMILES string of the molecule is COc1cccc(CNC2Cc3ccccc3C2)c1OC. The number of rotatable bonds is 5. The van der Waals surface area contributed by atoms with E-state index in [2.05, 4.69) is 35.6 Å². The highest BCUT2D eigenvalue weighted by atomic mass is 16.5. The maximum Gasteiger partial charge on any atom is 0.165 e. The van der Waals surface area contributed by atoms with Gasteiger partial charge in [0.25, 0.3) is 0 Å². The molecule has 0 bridgehead atoms. The van der Waals surface area contributed by atoms with Crippen LogP contribution in [0.5, 0.6) is 11.5 Å². The Labute approximate surface area is 125 Å². The lowest BCUT2D eigenvalue weighted by atomic mass is 10.1. The van der Waals surface area contributed by atoms with Gasteiger partial charge in [-0.3, -0.25) is 0 Å². The van der Waals surface area contributed by atoms with Crippen LogP contribution < -0.4 is 14.8 Å². The fourth-order valence-corrected chi connectivity index (χ4v) is 3.05. The number of benzene rings is 2. The molecule has 3 heteroatoms. The maximum atomic E-state index is 5.48. The minimum atomic E-state index is 0.498. The third-order valence-electron chi connectivity index (χ3n) is 4.12. The standard InChI is InChI=1S/C18H21NO2/c1-20-17-9-5-8-15(18(17)21-2)12-19-16-10-13-6-3-4-7-14(13)11-16/h3-9,16,19H,10-12H2,1-2H3. The Morgan fingerprint density at radius 3 is 2.29 bits per heavy atom. The molecule has 2 aromatic rings. The summed E-state index contributed by atoms with van der Waals surface area (Å²) in [5, 5.41) is 3.64. The van der Waals surface area contributed by atoms with Crippen molar-refractivity contribution in [1.82, 2.24) is 5.32 Å². The minimum Gasteiger partial charge on any atom is -0.493 e. The molecule has 0 amide bonds. The lowest BCUT2D eigenvalue weighted by molar-refractivity contribution is 0.350. The second kappa shape index (κ2) is 6.19. The summed E-state index contributed by atoms with van der Waals surface area (Å²) in [4.78, 5) is 0. The molecule has 3 nitrogen and oxygen atoms in total. The zero-order chi connectivity index (χ0) is 14.7. The van der Waals surface area contributed by atoms with E-state index in [1.54, 1.807) is 14.2 Å². The number of ether oxygens (including phenoxy) is 2. The van der Waals surface area contributed by atoms with Gasteiger partial charge in [0.2, 0.25) is 0 Å². The van der Waals surface area contributed by atoms with Crippen molar-refractivity contribution in [3.63, 3.8) is 0 Å². The van der Waals surface area contributed by atoms with Crippen molar-refractivity contribution in [3.05, 3.63) is 59.2 Å². The van der Waals surface area contributed by atoms with Gasteiger partial charge < -0.3 is 14.8 Å². The van der Waals surface area contributed by atoms with Gasteiger partial charge in [0.1, 0.15) is 0 Å². The van der Waals surface area contributed by atoms with Gasteiger partial charge in [0, 0.05) is 18.2 Å². The molecule has 0 spiro atoms. The van der Waals surface area contributed by atoms with Crippen molar-refractivity contribution in [3.8, 4) is 11.5 Å². The van der Waals surface area contributed by atoms with Crippen molar-refractivity contribution < 1.29 is 9.47 Å². The first-order valence-corrected chi connectivity index (χ1v) is 7.32. The van der Waals surface area contributed by atoms with E-state index in [0.717, 1.165) is 36.4 Å². The fraction of sp³-hybridized carbons (Fsp3) is 0.333. The van der Waals surface area contributed by atoms with Crippen LogP contribution in [-0.4, -0.2) is 20.3 Å². The largest absolute Gasteiger partial charge is 0.493 e. The Kier molecular flexibility index (Phi) is 4.11. The lowest BCUT2D eigenvalue weighted by Crippen LogP contribution is -2.29. The van der Waals surface area contributed by atoms with Gasteiger partial charge >= 0.3 is 0 Å². The summed E-state index contributed by atoms with van der Waals surface area (Å²) >= 11 is 0. The van der Waals surface area contributed by atoms with Crippen LogP contribution in [0.15, 0.2) is 42.5 Å². The van der Waals surface area contributed by atoms with Crippen LogP contribution in [0.2, 0.25) is 0 Å². The van der Waals surface area contributed by atoms with Crippen LogP contribution in [0.25, 0.3) is 0 Å². The van der Waals surface area contributed by atoms with E-state index < -0.39 is 0 Å². The predicted octanol–water partition coefficient (Wildman–Crippen LogP) is 2.96. The summed E-state index contributed by atoms with van der Waals surface area (Å²) in [5.74, 6) is 1.61. The number of methoxy groups -OCH3 is 2. The zero-order valence-electron chi connectivity index (χ0n) is 12.6. The molecule has 1 N–H and O–H groups in total. The van der Waals surface area contributed by atoms with Gasteiger partial charge in [0.05, 0.1) is 14.2 Å². The van der Waals surface area contributed by atoms with E-state index in [1.807, 2.05) is 12.1 Å². The summed E-state index contributed by atoms with van der Waals surface area (Å²) in [6.45, 7) is 0.791. The molecule has 0 saturated carbocycles. The molecule has 0 unspecified atom stereocenters. The number of fused-ring (bicyclic) bond motifs is 1. The van der Waals surface area contributed by atoms with Gasteiger partial charge in [-0.15, -0.1) is 0 Å². The monoisotopic (exact) mass is 283 g/mol. The molecule has 0 aromatic heterocycles. The topological polar surface area (TPSA) is 30.5 Å². The Bertz CT molecular complexity index is 599. The van der Waals surface area contributed by atoms with Crippen LogP contribution in [0, 0.1) is 0 Å². The van der Waals surface area contributed by atoms with Crippen molar-refractivity contribution in [2.24, 2.45) is 0 Å². The minimum absolute atomic E-state index is 0.498. The normalized spacial score (nSPS) is 14.0. The summed E-state index contributed by atoms with van der Waals surface area (Å²) in [7, 11) is 3.36. The molecular weight excluding hydrogens is 262 g/mol. The number of para-hydroxylation sites is 1. The summed E-state index contributed by atoms with van der Waals surface area (Å²) in [5.41, 5.74) is 4.06. The number of nitrogens with one attached hydrogen (secondary N) is 1. The maximum absolute atomic E-state index is 5.48.